The highest BCUT2D eigenvalue weighted by Crippen LogP contribution is 2.13. The van der Waals surface area contributed by atoms with E-state index in [2.05, 4.69) is 18.7 Å². The Hall–Kier alpha value is -0.540. The number of rotatable bonds is 4. The summed E-state index contributed by atoms with van der Waals surface area (Å²) in [4.78, 5) is 11.1. The summed E-state index contributed by atoms with van der Waals surface area (Å²) in [6.45, 7) is 0. The maximum absolute atomic E-state index is 10.3. The first-order chi connectivity index (χ1) is 5.86. The van der Waals surface area contributed by atoms with Gasteiger partial charge in [-0.2, -0.15) is 12.6 Å². The van der Waals surface area contributed by atoms with Gasteiger partial charge >= 0.3 is 0 Å². The first kappa shape index (κ1) is 9.55. The number of allylic oxidation sites excluding steroid dienone is 1. The highest BCUT2D eigenvalue weighted by molar-refractivity contribution is 7.80. The van der Waals surface area contributed by atoms with Crippen LogP contribution in [-0.2, 0) is 0 Å². The van der Waals surface area contributed by atoms with Gasteiger partial charge in [0.15, 0.2) is 6.29 Å². The molecule has 0 amide bonds. The van der Waals surface area contributed by atoms with E-state index >= 15 is 0 Å². The molecule has 1 aromatic rings. The molecule has 0 aliphatic rings. The Morgan fingerprint density at radius 2 is 2.42 bits per heavy atom. The van der Waals surface area contributed by atoms with Crippen molar-refractivity contribution in [2.45, 2.75) is 6.42 Å². The number of hydrogen-bond donors (Lipinski definition) is 1. The number of thiol groups is 1. The van der Waals surface area contributed by atoms with Crippen LogP contribution >= 0.6 is 24.0 Å². The molecule has 0 bridgehead atoms. The van der Waals surface area contributed by atoms with Crippen molar-refractivity contribution < 1.29 is 4.79 Å². The molecule has 0 fully saturated rings. The van der Waals surface area contributed by atoms with E-state index in [-0.39, 0.29) is 0 Å². The quantitative estimate of drug-likeness (QED) is 0.581. The average Bonchev–Trinajstić information content (AvgIpc) is 2.53. The number of aldehydes is 1. The molecule has 64 valence electrons. The number of carbonyl (C=O) groups excluding carboxylic acids is 1. The van der Waals surface area contributed by atoms with Crippen LogP contribution in [0.4, 0.5) is 0 Å². The third-order valence-corrected chi connectivity index (χ3v) is 2.50. The Morgan fingerprint density at radius 3 is 3.00 bits per heavy atom. The molecule has 1 aromatic heterocycles. The summed E-state index contributed by atoms with van der Waals surface area (Å²) in [6, 6.07) is 1.88. The van der Waals surface area contributed by atoms with E-state index in [0.29, 0.717) is 0 Å². The second-order valence-electron chi connectivity index (χ2n) is 2.31. The summed E-state index contributed by atoms with van der Waals surface area (Å²) in [7, 11) is 0. The van der Waals surface area contributed by atoms with Gasteiger partial charge in [0.25, 0.3) is 0 Å². The van der Waals surface area contributed by atoms with Gasteiger partial charge < -0.3 is 0 Å². The van der Waals surface area contributed by atoms with Crippen molar-refractivity contribution in [2.24, 2.45) is 0 Å². The van der Waals surface area contributed by atoms with Crippen LogP contribution in [0, 0.1) is 0 Å². The third-order valence-electron chi connectivity index (χ3n) is 1.36. The smallest absolute Gasteiger partial charge is 0.160 e. The molecule has 1 rings (SSSR count). The van der Waals surface area contributed by atoms with Crippen LogP contribution in [0.1, 0.15) is 21.7 Å². The Morgan fingerprint density at radius 1 is 1.58 bits per heavy atom. The third kappa shape index (κ3) is 2.83. The largest absolute Gasteiger partial charge is 0.297 e. The highest BCUT2D eigenvalue weighted by Gasteiger charge is 1.93. The minimum absolute atomic E-state index is 0.778. The molecule has 3 heteroatoms. The van der Waals surface area contributed by atoms with Crippen LogP contribution in [0.2, 0.25) is 0 Å². The molecule has 12 heavy (non-hydrogen) atoms. The van der Waals surface area contributed by atoms with Gasteiger partial charge in [0.05, 0.1) is 4.88 Å². The maximum atomic E-state index is 10.3. The van der Waals surface area contributed by atoms with E-state index in [1.54, 1.807) is 0 Å². The normalized spacial score (nSPS) is 10.8. The van der Waals surface area contributed by atoms with Crippen molar-refractivity contribution in [1.29, 1.82) is 0 Å². The predicted molar refractivity (Wildman–Crippen MR) is 57.2 cm³/mol. The van der Waals surface area contributed by atoms with E-state index < -0.39 is 0 Å². The topological polar surface area (TPSA) is 17.1 Å². The molecule has 0 saturated carbocycles. The Bertz CT molecular complexity index is 276. The lowest BCUT2D eigenvalue weighted by Gasteiger charge is -1.83. The van der Waals surface area contributed by atoms with Gasteiger partial charge in [0.1, 0.15) is 0 Å². The van der Waals surface area contributed by atoms with E-state index in [9.17, 15) is 4.79 Å². The molecule has 0 aliphatic heterocycles. The Labute approximate surface area is 81.5 Å². The van der Waals surface area contributed by atoms with Gasteiger partial charge in [-0.05, 0) is 29.2 Å². The molecule has 1 heterocycles. The first-order valence-corrected chi connectivity index (χ1v) is 5.19. The van der Waals surface area contributed by atoms with Crippen LogP contribution in [-0.4, -0.2) is 12.0 Å². The molecule has 0 N–H and O–H groups in total. The van der Waals surface area contributed by atoms with Crippen LogP contribution in [0.3, 0.4) is 0 Å². The minimum atomic E-state index is 0.778. The average molecular weight is 198 g/mol. The molecular weight excluding hydrogens is 188 g/mol. The van der Waals surface area contributed by atoms with E-state index in [1.165, 1.54) is 11.3 Å². The first-order valence-electron chi connectivity index (χ1n) is 3.68. The summed E-state index contributed by atoms with van der Waals surface area (Å²) >= 11 is 5.56. The van der Waals surface area contributed by atoms with Crippen molar-refractivity contribution >= 4 is 36.3 Å². The predicted octanol–water partition coefficient (Wildman–Crippen LogP) is 2.89. The fourth-order valence-corrected chi connectivity index (χ4v) is 1.64. The Balaban J connectivity index is 2.57. The molecule has 0 saturated heterocycles. The van der Waals surface area contributed by atoms with Crippen molar-refractivity contribution in [3.63, 3.8) is 0 Å². The van der Waals surface area contributed by atoms with Crippen LogP contribution in [0.25, 0.3) is 6.08 Å². The van der Waals surface area contributed by atoms with Crippen molar-refractivity contribution in [1.82, 2.24) is 0 Å². The van der Waals surface area contributed by atoms with Gasteiger partial charge in [0.2, 0.25) is 0 Å². The molecule has 0 spiro atoms. The zero-order valence-electron chi connectivity index (χ0n) is 6.56. The van der Waals surface area contributed by atoms with Gasteiger partial charge in [0, 0.05) is 0 Å². The number of hydrogen-bond acceptors (Lipinski definition) is 3. The van der Waals surface area contributed by atoms with Gasteiger partial charge in [-0.1, -0.05) is 12.2 Å². The minimum Gasteiger partial charge on any atom is -0.297 e. The summed E-state index contributed by atoms with van der Waals surface area (Å²) in [5.74, 6) is 0.862. The van der Waals surface area contributed by atoms with Crippen LogP contribution in [0.5, 0.6) is 0 Å². The summed E-state index contributed by atoms with van der Waals surface area (Å²) in [5, 5.41) is 1.97. The molecule has 1 nitrogen and oxygen atoms in total. The SMILES string of the molecule is O=Cc1cc(C=CCCS)cs1. The highest BCUT2D eigenvalue weighted by atomic mass is 32.1. The van der Waals surface area contributed by atoms with E-state index in [0.717, 1.165) is 28.9 Å². The standard InChI is InChI=1S/C9H10OS2/c10-6-9-5-8(7-12-9)3-1-2-4-11/h1,3,5-7,11H,2,4H2. The van der Waals surface area contributed by atoms with Crippen molar-refractivity contribution in [2.75, 3.05) is 5.75 Å². The summed E-state index contributed by atoms with van der Waals surface area (Å²) in [6.07, 6.45) is 5.92. The lowest BCUT2D eigenvalue weighted by molar-refractivity contribution is 0.112. The fraction of sp³-hybridized carbons (Fsp3) is 0.222. The number of carbonyl (C=O) groups is 1. The van der Waals surface area contributed by atoms with Crippen molar-refractivity contribution in [3.8, 4) is 0 Å². The van der Waals surface area contributed by atoms with E-state index in [4.69, 9.17) is 0 Å². The molecule has 0 aromatic carbocycles. The molecular formula is C9H10OS2. The second kappa shape index (κ2) is 5.17. The summed E-state index contributed by atoms with van der Waals surface area (Å²) in [5.41, 5.74) is 1.10. The van der Waals surface area contributed by atoms with Gasteiger partial charge in [-0.25, -0.2) is 0 Å². The fourth-order valence-electron chi connectivity index (χ4n) is 0.812. The van der Waals surface area contributed by atoms with Crippen molar-refractivity contribution in [3.05, 3.63) is 28.0 Å². The second-order valence-corrected chi connectivity index (χ2v) is 3.70. The summed E-state index contributed by atoms with van der Waals surface area (Å²) < 4.78 is 0. The lowest BCUT2D eigenvalue weighted by atomic mass is 10.3. The Kier molecular flexibility index (Phi) is 4.11. The lowest BCUT2D eigenvalue weighted by Crippen LogP contribution is -1.68. The maximum Gasteiger partial charge on any atom is 0.160 e. The zero-order chi connectivity index (χ0) is 8.81. The van der Waals surface area contributed by atoms with Gasteiger partial charge in [-0.3, -0.25) is 4.79 Å². The molecule has 0 radical (unpaired) electrons. The van der Waals surface area contributed by atoms with Gasteiger partial charge in [-0.15, -0.1) is 11.3 Å². The molecule has 0 atom stereocenters. The monoisotopic (exact) mass is 198 g/mol. The molecule has 0 aliphatic carbocycles. The molecule has 0 unspecified atom stereocenters. The number of thiophene rings is 1. The van der Waals surface area contributed by atoms with Crippen LogP contribution < -0.4 is 0 Å². The zero-order valence-corrected chi connectivity index (χ0v) is 8.28. The van der Waals surface area contributed by atoms with E-state index in [1.807, 2.05) is 17.5 Å². The van der Waals surface area contributed by atoms with Crippen LogP contribution in [0.15, 0.2) is 17.5 Å².